The maximum Gasteiger partial charge on any atom is 0.241 e. The number of benzene rings is 2. The van der Waals surface area contributed by atoms with Gasteiger partial charge in [-0.2, -0.15) is 0 Å². The van der Waals surface area contributed by atoms with Crippen LogP contribution in [-0.4, -0.2) is 40.6 Å². The average Bonchev–Trinajstić information content (AvgIpc) is 2.67. The summed E-state index contributed by atoms with van der Waals surface area (Å²) < 4.78 is 28.3. The number of rotatable bonds is 8. The molecule has 142 valence electrons. The Labute approximate surface area is 160 Å². The van der Waals surface area contributed by atoms with E-state index in [4.69, 9.17) is 0 Å². The minimum atomic E-state index is -3.60. The van der Waals surface area contributed by atoms with Gasteiger partial charge in [0.1, 0.15) is 0 Å². The number of sulfonamides is 1. The summed E-state index contributed by atoms with van der Waals surface area (Å²) in [4.78, 5) is 6.50. The summed E-state index contributed by atoms with van der Waals surface area (Å²) in [6.07, 6.45) is 1.74. The zero-order chi connectivity index (χ0) is 19.3. The Balaban J connectivity index is 1.69. The highest BCUT2D eigenvalue weighted by atomic mass is 32.2. The van der Waals surface area contributed by atoms with E-state index < -0.39 is 10.0 Å². The minimum Gasteiger partial charge on any atom is -0.377 e. The maximum atomic E-state index is 12.8. The van der Waals surface area contributed by atoms with Gasteiger partial charge in [-0.15, -0.1) is 0 Å². The van der Waals surface area contributed by atoms with Crippen molar-refractivity contribution in [2.24, 2.45) is 0 Å². The molecular formula is C20H24N4O2S. The SMILES string of the molecule is CN(C)c1cccc2c(S(=O)(=O)NCCNCc3ccccn3)cccc12. The number of hydrogen-bond acceptors (Lipinski definition) is 5. The second-order valence-corrected chi connectivity index (χ2v) is 8.15. The van der Waals surface area contributed by atoms with Crippen molar-refractivity contribution in [2.75, 3.05) is 32.1 Å². The molecule has 0 unspecified atom stereocenters. The summed E-state index contributed by atoms with van der Waals surface area (Å²) in [6, 6.07) is 16.8. The third-order valence-corrected chi connectivity index (χ3v) is 5.78. The molecule has 0 radical (unpaired) electrons. The second-order valence-electron chi connectivity index (χ2n) is 6.42. The fourth-order valence-corrected chi connectivity index (χ4v) is 4.21. The lowest BCUT2D eigenvalue weighted by Gasteiger charge is -2.17. The lowest BCUT2D eigenvalue weighted by molar-refractivity contribution is 0.576. The van der Waals surface area contributed by atoms with Gasteiger partial charge in [-0.25, -0.2) is 13.1 Å². The van der Waals surface area contributed by atoms with E-state index in [1.165, 1.54) is 0 Å². The number of nitrogens with zero attached hydrogens (tertiary/aromatic N) is 2. The maximum absolute atomic E-state index is 12.8. The van der Waals surface area contributed by atoms with Crippen molar-refractivity contribution in [3.63, 3.8) is 0 Å². The standard InChI is InChI=1S/C20H24N4O2S/c1-24(2)19-10-5-9-18-17(19)8-6-11-20(18)27(25,26)23-14-13-21-15-16-7-3-4-12-22-16/h3-12,21,23H,13-15H2,1-2H3. The summed E-state index contributed by atoms with van der Waals surface area (Å²) in [5, 5.41) is 4.83. The van der Waals surface area contributed by atoms with Crippen LogP contribution < -0.4 is 14.9 Å². The summed E-state index contributed by atoms with van der Waals surface area (Å²) in [5.41, 5.74) is 1.91. The van der Waals surface area contributed by atoms with Gasteiger partial charge >= 0.3 is 0 Å². The monoisotopic (exact) mass is 384 g/mol. The molecule has 7 heteroatoms. The number of fused-ring (bicyclic) bond motifs is 1. The molecule has 0 aliphatic rings. The van der Waals surface area contributed by atoms with Crippen molar-refractivity contribution < 1.29 is 8.42 Å². The normalized spacial score (nSPS) is 11.6. The fraction of sp³-hybridized carbons (Fsp3) is 0.250. The number of anilines is 1. The summed E-state index contributed by atoms with van der Waals surface area (Å²) in [6.45, 7) is 1.42. The predicted molar refractivity (Wildman–Crippen MR) is 109 cm³/mol. The molecule has 3 aromatic rings. The van der Waals surface area contributed by atoms with Gasteiger partial charge < -0.3 is 10.2 Å². The van der Waals surface area contributed by atoms with E-state index in [-0.39, 0.29) is 0 Å². The first-order valence-electron chi connectivity index (χ1n) is 8.78. The Hall–Kier alpha value is -2.48. The van der Waals surface area contributed by atoms with Gasteiger partial charge in [-0.1, -0.05) is 30.3 Å². The number of aromatic nitrogens is 1. The van der Waals surface area contributed by atoms with Gasteiger partial charge in [0.25, 0.3) is 0 Å². The molecule has 27 heavy (non-hydrogen) atoms. The smallest absolute Gasteiger partial charge is 0.241 e. The van der Waals surface area contributed by atoms with Crippen LogP contribution in [-0.2, 0) is 16.6 Å². The van der Waals surface area contributed by atoms with Crippen LogP contribution in [0, 0.1) is 0 Å². The van der Waals surface area contributed by atoms with E-state index >= 15 is 0 Å². The van der Waals surface area contributed by atoms with Gasteiger partial charge in [-0.05, 0) is 24.3 Å². The van der Waals surface area contributed by atoms with Crippen molar-refractivity contribution in [1.82, 2.24) is 15.0 Å². The summed E-state index contributed by atoms with van der Waals surface area (Å²) in [7, 11) is 0.293. The van der Waals surface area contributed by atoms with Gasteiger partial charge in [0.15, 0.2) is 0 Å². The average molecular weight is 385 g/mol. The van der Waals surface area contributed by atoms with Crippen LogP contribution in [0.2, 0.25) is 0 Å². The molecule has 2 aromatic carbocycles. The van der Waals surface area contributed by atoms with E-state index in [1.54, 1.807) is 18.3 Å². The van der Waals surface area contributed by atoms with Crippen LogP contribution in [0.5, 0.6) is 0 Å². The van der Waals surface area contributed by atoms with Crippen molar-refractivity contribution >= 4 is 26.5 Å². The van der Waals surface area contributed by atoms with E-state index in [0.717, 1.165) is 22.2 Å². The van der Waals surface area contributed by atoms with Crippen LogP contribution in [0.25, 0.3) is 10.8 Å². The molecule has 0 bridgehead atoms. The third kappa shape index (κ3) is 4.63. The zero-order valence-electron chi connectivity index (χ0n) is 15.5. The number of nitrogens with one attached hydrogen (secondary N) is 2. The Morgan fingerprint density at radius 3 is 2.44 bits per heavy atom. The molecule has 0 aliphatic heterocycles. The first kappa shape index (κ1) is 19.3. The van der Waals surface area contributed by atoms with E-state index in [1.807, 2.05) is 61.5 Å². The highest BCUT2D eigenvalue weighted by Gasteiger charge is 2.17. The first-order valence-corrected chi connectivity index (χ1v) is 10.3. The van der Waals surface area contributed by atoms with Crippen molar-refractivity contribution in [1.29, 1.82) is 0 Å². The Morgan fingerprint density at radius 2 is 1.70 bits per heavy atom. The lowest BCUT2D eigenvalue weighted by Crippen LogP contribution is -2.32. The largest absolute Gasteiger partial charge is 0.377 e. The van der Waals surface area contributed by atoms with Gasteiger partial charge in [0.05, 0.1) is 10.6 Å². The molecule has 1 aromatic heterocycles. The minimum absolute atomic E-state index is 0.299. The van der Waals surface area contributed by atoms with Crippen molar-refractivity contribution in [3.8, 4) is 0 Å². The van der Waals surface area contributed by atoms with Crippen LogP contribution in [0.1, 0.15) is 5.69 Å². The van der Waals surface area contributed by atoms with Crippen LogP contribution in [0.4, 0.5) is 5.69 Å². The molecule has 0 fully saturated rings. The quantitative estimate of drug-likeness (QED) is 0.583. The number of pyridine rings is 1. The number of hydrogen-bond donors (Lipinski definition) is 2. The Kier molecular flexibility index (Phi) is 6.05. The second kappa shape index (κ2) is 8.47. The fourth-order valence-electron chi connectivity index (χ4n) is 2.96. The van der Waals surface area contributed by atoms with Gasteiger partial charge in [-0.3, -0.25) is 4.98 Å². The van der Waals surface area contributed by atoms with Crippen LogP contribution in [0.15, 0.2) is 65.7 Å². The predicted octanol–water partition coefficient (Wildman–Crippen LogP) is 2.37. The molecule has 0 atom stereocenters. The third-order valence-electron chi connectivity index (χ3n) is 4.26. The van der Waals surface area contributed by atoms with E-state index in [2.05, 4.69) is 15.0 Å². The molecule has 0 spiro atoms. The molecule has 1 heterocycles. The molecule has 6 nitrogen and oxygen atoms in total. The molecule has 0 amide bonds. The summed E-state index contributed by atoms with van der Waals surface area (Å²) >= 11 is 0. The topological polar surface area (TPSA) is 74.3 Å². The van der Waals surface area contributed by atoms with Crippen molar-refractivity contribution in [2.45, 2.75) is 11.4 Å². The van der Waals surface area contributed by atoms with Gasteiger partial charge in [0.2, 0.25) is 10.0 Å². The van der Waals surface area contributed by atoms with Crippen LogP contribution >= 0.6 is 0 Å². The van der Waals surface area contributed by atoms with Crippen LogP contribution in [0.3, 0.4) is 0 Å². The lowest BCUT2D eigenvalue weighted by atomic mass is 10.1. The Bertz CT molecular complexity index is 1000. The van der Waals surface area contributed by atoms with E-state index in [9.17, 15) is 8.42 Å². The molecule has 3 rings (SSSR count). The first-order chi connectivity index (χ1) is 13.0. The summed E-state index contributed by atoms with van der Waals surface area (Å²) in [5.74, 6) is 0. The van der Waals surface area contributed by atoms with Crippen molar-refractivity contribution in [3.05, 3.63) is 66.5 Å². The molecule has 0 saturated heterocycles. The van der Waals surface area contributed by atoms with Gasteiger partial charge in [0, 0.05) is 56.4 Å². The zero-order valence-corrected chi connectivity index (χ0v) is 16.3. The Morgan fingerprint density at radius 1 is 0.926 bits per heavy atom. The molecule has 0 saturated carbocycles. The molecule has 2 N–H and O–H groups in total. The highest BCUT2D eigenvalue weighted by molar-refractivity contribution is 7.89. The highest BCUT2D eigenvalue weighted by Crippen LogP contribution is 2.29. The van der Waals surface area contributed by atoms with E-state index in [0.29, 0.717) is 24.5 Å². The molecule has 0 aliphatic carbocycles. The molecular weight excluding hydrogens is 360 g/mol.